The van der Waals surface area contributed by atoms with Gasteiger partial charge in [-0.1, -0.05) is 38.5 Å². The number of aromatic nitrogens is 1. The van der Waals surface area contributed by atoms with Crippen molar-refractivity contribution in [2.45, 2.75) is 39.7 Å². The Hall–Kier alpha value is -1.41. The second kappa shape index (κ2) is 5.49. The third-order valence-corrected chi connectivity index (χ3v) is 3.64. The van der Waals surface area contributed by atoms with Gasteiger partial charge in [0.05, 0.1) is 11.2 Å². The lowest BCUT2D eigenvalue weighted by atomic mass is 9.93. The molecule has 0 aliphatic carbocycles. The van der Waals surface area contributed by atoms with Crippen LogP contribution in [0, 0.1) is 12.8 Å². The highest BCUT2D eigenvalue weighted by molar-refractivity contribution is 5.82. The second-order valence-electron chi connectivity index (χ2n) is 5.17. The molecule has 18 heavy (non-hydrogen) atoms. The van der Waals surface area contributed by atoms with Crippen molar-refractivity contribution in [2.75, 3.05) is 0 Å². The summed E-state index contributed by atoms with van der Waals surface area (Å²) in [5, 5.41) is 1.22. The number of hydrogen-bond donors (Lipinski definition) is 1. The molecule has 2 aromatic rings. The summed E-state index contributed by atoms with van der Waals surface area (Å²) in [5.74, 6) is 0.475. The Balaban J connectivity index is 2.40. The number of nitrogens with zero attached hydrogens (tertiary/aromatic N) is 1. The van der Waals surface area contributed by atoms with Gasteiger partial charge in [0.1, 0.15) is 0 Å². The average molecular weight is 242 g/mol. The van der Waals surface area contributed by atoms with Crippen LogP contribution in [0.3, 0.4) is 0 Å². The molecule has 0 amide bonds. The normalized spacial score (nSPS) is 14.7. The van der Waals surface area contributed by atoms with Gasteiger partial charge in [-0.15, -0.1) is 0 Å². The summed E-state index contributed by atoms with van der Waals surface area (Å²) in [6.07, 6.45) is 2.32. The van der Waals surface area contributed by atoms with Gasteiger partial charge in [0.25, 0.3) is 0 Å². The van der Waals surface area contributed by atoms with Crippen molar-refractivity contribution in [3.05, 3.63) is 41.6 Å². The molecule has 0 saturated heterocycles. The van der Waals surface area contributed by atoms with Gasteiger partial charge < -0.3 is 5.73 Å². The van der Waals surface area contributed by atoms with E-state index in [4.69, 9.17) is 10.7 Å². The van der Waals surface area contributed by atoms with Crippen LogP contribution >= 0.6 is 0 Å². The Morgan fingerprint density at radius 3 is 2.72 bits per heavy atom. The molecule has 0 saturated carbocycles. The molecule has 2 N–H and O–H groups in total. The molecule has 2 rings (SSSR count). The number of para-hydroxylation sites is 1. The maximum Gasteiger partial charge on any atom is 0.0708 e. The second-order valence-corrected chi connectivity index (χ2v) is 5.17. The molecule has 0 radical (unpaired) electrons. The fourth-order valence-electron chi connectivity index (χ4n) is 2.47. The summed E-state index contributed by atoms with van der Waals surface area (Å²) in [4.78, 5) is 4.71. The predicted octanol–water partition coefficient (Wildman–Crippen LogP) is 3.98. The van der Waals surface area contributed by atoms with Crippen molar-refractivity contribution in [1.29, 1.82) is 0 Å². The Morgan fingerprint density at radius 1 is 1.28 bits per heavy atom. The molecule has 0 aliphatic rings. The molecule has 0 fully saturated rings. The first-order valence-electron chi connectivity index (χ1n) is 6.75. The van der Waals surface area contributed by atoms with Gasteiger partial charge in [0, 0.05) is 11.4 Å². The highest BCUT2D eigenvalue weighted by Crippen LogP contribution is 2.25. The maximum atomic E-state index is 6.32. The van der Waals surface area contributed by atoms with Gasteiger partial charge in [-0.05, 0) is 37.0 Å². The minimum Gasteiger partial charge on any atom is -0.322 e. The first-order valence-corrected chi connectivity index (χ1v) is 6.75. The van der Waals surface area contributed by atoms with E-state index in [0.717, 1.165) is 17.6 Å². The van der Waals surface area contributed by atoms with E-state index in [1.54, 1.807) is 0 Å². The smallest absolute Gasteiger partial charge is 0.0708 e. The van der Waals surface area contributed by atoms with Crippen molar-refractivity contribution >= 4 is 10.9 Å². The first kappa shape index (κ1) is 13.0. The Labute approximate surface area is 109 Å². The molecular weight excluding hydrogens is 220 g/mol. The summed E-state index contributed by atoms with van der Waals surface area (Å²) >= 11 is 0. The Morgan fingerprint density at radius 2 is 2.00 bits per heavy atom. The molecule has 2 nitrogen and oxygen atoms in total. The quantitative estimate of drug-likeness (QED) is 0.880. The highest BCUT2D eigenvalue weighted by Gasteiger charge is 2.16. The first-order chi connectivity index (χ1) is 8.63. The molecule has 0 aliphatic heterocycles. The molecule has 1 aromatic carbocycles. The van der Waals surface area contributed by atoms with Crippen molar-refractivity contribution in [2.24, 2.45) is 11.7 Å². The Kier molecular flexibility index (Phi) is 3.97. The van der Waals surface area contributed by atoms with Crippen molar-refractivity contribution in [1.82, 2.24) is 4.98 Å². The largest absolute Gasteiger partial charge is 0.322 e. The van der Waals surface area contributed by atoms with Gasteiger partial charge in [0.2, 0.25) is 0 Å². The van der Waals surface area contributed by atoms with E-state index in [0.29, 0.717) is 5.92 Å². The van der Waals surface area contributed by atoms with Gasteiger partial charge in [0.15, 0.2) is 0 Å². The molecule has 1 aromatic heterocycles. The van der Waals surface area contributed by atoms with Crippen LogP contribution in [-0.2, 0) is 0 Å². The van der Waals surface area contributed by atoms with Crippen molar-refractivity contribution < 1.29 is 0 Å². The molecule has 2 atom stereocenters. The summed E-state index contributed by atoms with van der Waals surface area (Å²) in [7, 11) is 0. The number of benzene rings is 1. The SMILES string of the molecule is CCCC(C)C(N)c1cc(C)c2ccccc2n1. The highest BCUT2D eigenvalue weighted by atomic mass is 14.8. The zero-order chi connectivity index (χ0) is 13.1. The van der Waals surface area contributed by atoms with Crippen LogP contribution in [0.2, 0.25) is 0 Å². The average Bonchev–Trinajstić information content (AvgIpc) is 2.38. The molecule has 96 valence electrons. The van der Waals surface area contributed by atoms with Crippen LogP contribution in [-0.4, -0.2) is 4.98 Å². The standard InChI is InChI=1S/C16H22N2/c1-4-7-11(2)16(17)15-10-12(3)13-8-5-6-9-14(13)18-15/h5-6,8-11,16H,4,7,17H2,1-3H3. The molecular formula is C16H22N2. The predicted molar refractivity (Wildman–Crippen MR) is 77.5 cm³/mol. The number of fused-ring (bicyclic) bond motifs is 1. The topological polar surface area (TPSA) is 38.9 Å². The van der Waals surface area contributed by atoms with Gasteiger partial charge >= 0.3 is 0 Å². The molecule has 1 heterocycles. The molecule has 2 heteroatoms. The lowest BCUT2D eigenvalue weighted by Gasteiger charge is -2.19. The summed E-state index contributed by atoms with van der Waals surface area (Å²) < 4.78 is 0. The van der Waals surface area contributed by atoms with Gasteiger partial charge in [-0.2, -0.15) is 0 Å². The van der Waals surface area contributed by atoms with Crippen LogP contribution in [0.15, 0.2) is 30.3 Å². The Bertz CT molecular complexity index is 534. The zero-order valence-corrected chi connectivity index (χ0v) is 11.5. The van der Waals surface area contributed by atoms with E-state index in [-0.39, 0.29) is 6.04 Å². The number of rotatable bonds is 4. The lowest BCUT2D eigenvalue weighted by molar-refractivity contribution is 0.427. The third kappa shape index (κ3) is 2.54. The minimum atomic E-state index is 0.0354. The molecule has 0 spiro atoms. The van der Waals surface area contributed by atoms with Crippen LogP contribution in [0.5, 0.6) is 0 Å². The van der Waals surface area contributed by atoms with Gasteiger partial charge in [-0.3, -0.25) is 4.98 Å². The van der Waals surface area contributed by atoms with Crippen LogP contribution in [0.1, 0.15) is 44.0 Å². The summed E-state index contributed by atoms with van der Waals surface area (Å²) in [5.41, 5.74) is 9.65. The van der Waals surface area contributed by atoms with E-state index < -0.39 is 0 Å². The maximum absolute atomic E-state index is 6.32. The minimum absolute atomic E-state index is 0.0354. The fraction of sp³-hybridized carbons (Fsp3) is 0.438. The number of nitrogens with two attached hydrogens (primary N) is 1. The van der Waals surface area contributed by atoms with Crippen LogP contribution < -0.4 is 5.73 Å². The number of aryl methyl sites for hydroxylation is 1. The van der Waals surface area contributed by atoms with Gasteiger partial charge in [-0.25, -0.2) is 0 Å². The van der Waals surface area contributed by atoms with E-state index in [1.807, 2.05) is 6.07 Å². The summed E-state index contributed by atoms with van der Waals surface area (Å²) in [6, 6.07) is 10.4. The van der Waals surface area contributed by atoms with Crippen molar-refractivity contribution in [3.63, 3.8) is 0 Å². The van der Waals surface area contributed by atoms with E-state index in [9.17, 15) is 0 Å². The summed E-state index contributed by atoms with van der Waals surface area (Å²) in [6.45, 7) is 6.54. The van der Waals surface area contributed by atoms with E-state index >= 15 is 0 Å². The fourth-order valence-corrected chi connectivity index (χ4v) is 2.47. The number of hydrogen-bond acceptors (Lipinski definition) is 2. The van der Waals surface area contributed by atoms with Crippen LogP contribution in [0.25, 0.3) is 10.9 Å². The van der Waals surface area contributed by atoms with Crippen molar-refractivity contribution in [3.8, 4) is 0 Å². The molecule has 0 bridgehead atoms. The van der Waals surface area contributed by atoms with Crippen LogP contribution in [0.4, 0.5) is 0 Å². The van der Waals surface area contributed by atoms with E-state index in [1.165, 1.54) is 17.4 Å². The lowest BCUT2D eigenvalue weighted by Crippen LogP contribution is -2.20. The monoisotopic (exact) mass is 242 g/mol. The van der Waals surface area contributed by atoms with E-state index in [2.05, 4.69) is 45.0 Å². The zero-order valence-electron chi connectivity index (χ0n) is 11.5. The third-order valence-electron chi connectivity index (χ3n) is 3.64. The molecule has 2 unspecified atom stereocenters. The number of pyridine rings is 1.